The molecule has 1 aliphatic heterocycles. The number of anilines is 1. The Labute approximate surface area is 77.4 Å². The van der Waals surface area contributed by atoms with Crippen LogP contribution in [-0.4, -0.2) is 29.2 Å². The minimum atomic E-state index is 0.371. The molecule has 0 spiro atoms. The molecule has 1 aliphatic rings. The zero-order valence-corrected chi connectivity index (χ0v) is 7.44. The van der Waals surface area contributed by atoms with Gasteiger partial charge in [0.15, 0.2) is 0 Å². The van der Waals surface area contributed by atoms with Crippen molar-refractivity contribution in [3.8, 4) is 0 Å². The van der Waals surface area contributed by atoms with Crippen LogP contribution in [-0.2, 0) is 4.74 Å². The first-order valence-electron chi connectivity index (χ1n) is 4.56. The van der Waals surface area contributed by atoms with Gasteiger partial charge in [-0.15, -0.1) is 0 Å². The van der Waals surface area contributed by atoms with E-state index in [1.165, 1.54) is 0 Å². The van der Waals surface area contributed by atoms with Crippen LogP contribution >= 0.6 is 0 Å². The van der Waals surface area contributed by atoms with Crippen molar-refractivity contribution in [1.29, 1.82) is 0 Å². The number of rotatable bonds is 2. The third kappa shape index (κ3) is 2.39. The maximum absolute atomic E-state index is 5.34. The van der Waals surface area contributed by atoms with Gasteiger partial charge in [-0.1, -0.05) is 0 Å². The molecule has 1 N–H and O–H groups in total. The lowest BCUT2D eigenvalue weighted by Gasteiger charge is -2.22. The van der Waals surface area contributed by atoms with E-state index in [2.05, 4.69) is 15.3 Å². The highest BCUT2D eigenvalue weighted by atomic mass is 16.5. The third-order valence-electron chi connectivity index (χ3n) is 2.06. The van der Waals surface area contributed by atoms with Gasteiger partial charge in [0, 0.05) is 19.0 Å². The molecule has 0 radical (unpaired) electrons. The number of hydrogen-bond donors (Lipinski definition) is 1. The van der Waals surface area contributed by atoms with Crippen LogP contribution in [0.2, 0.25) is 0 Å². The number of ether oxygens (including phenoxy) is 1. The Morgan fingerprint density at radius 2 is 2.23 bits per heavy atom. The predicted molar refractivity (Wildman–Crippen MR) is 49.5 cm³/mol. The van der Waals surface area contributed by atoms with Crippen molar-refractivity contribution in [2.75, 3.05) is 18.5 Å². The van der Waals surface area contributed by atoms with E-state index in [1.54, 1.807) is 12.4 Å². The fourth-order valence-electron chi connectivity index (χ4n) is 1.41. The van der Waals surface area contributed by atoms with E-state index in [1.807, 2.05) is 6.07 Å². The highest BCUT2D eigenvalue weighted by molar-refractivity contribution is 5.24. The lowest BCUT2D eigenvalue weighted by atomic mass is 10.1. The SMILES string of the molecule is c1cnc(N[C@H]2CCCOC2)nc1. The molecule has 13 heavy (non-hydrogen) atoms. The molecule has 0 aliphatic carbocycles. The molecule has 0 bridgehead atoms. The Morgan fingerprint density at radius 3 is 2.92 bits per heavy atom. The van der Waals surface area contributed by atoms with Gasteiger partial charge in [0.1, 0.15) is 0 Å². The van der Waals surface area contributed by atoms with Gasteiger partial charge in [0.25, 0.3) is 0 Å². The molecule has 0 saturated carbocycles. The molecule has 2 rings (SSSR count). The molecule has 1 aromatic rings. The average molecular weight is 179 g/mol. The van der Waals surface area contributed by atoms with Gasteiger partial charge in [-0.2, -0.15) is 0 Å². The third-order valence-corrected chi connectivity index (χ3v) is 2.06. The number of nitrogens with one attached hydrogen (secondary N) is 1. The first kappa shape index (κ1) is 8.44. The molecule has 0 amide bonds. The molecule has 1 saturated heterocycles. The summed E-state index contributed by atoms with van der Waals surface area (Å²) in [5.74, 6) is 0.693. The molecule has 2 heterocycles. The van der Waals surface area contributed by atoms with Crippen LogP contribution < -0.4 is 5.32 Å². The second kappa shape index (κ2) is 4.18. The monoisotopic (exact) mass is 179 g/mol. The van der Waals surface area contributed by atoms with Gasteiger partial charge >= 0.3 is 0 Å². The summed E-state index contributed by atoms with van der Waals surface area (Å²) in [4.78, 5) is 8.19. The molecule has 1 fully saturated rings. The average Bonchev–Trinajstić information content (AvgIpc) is 2.21. The molecule has 4 nitrogen and oxygen atoms in total. The van der Waals surface area contributed by atoms with Gasteiger partial charge in [-0.25, -0.2) is 9.97 Å². The van der Waals surface area contributed by atoms with Crippen LogP contribution in [0.4, 0.5) is 5.95 Å². The molecular formula is C9H13N3O. The molecule has 70 valence electrons. The van der Waals surface area contributed by atoms with Gasteiger partial charge in [0.2, 0.25) is 5.95 Å². The van der Waals surface area contributed by atoms with Crippen molar-refractivity contribution in [3.05, 3.63) is 18.5 Å². The minimum absolute atomic E-state index is 0.371. The van der Waals surface area contributed by atoms with Crippen LogP contribution in [0.15, 0.2) is 18.5 Å². The van der Waals surface area contributed by atoms with Crippen molar-refractivity contribution >= 4 is 5.95 Å². The smallest absolute Gasteiger partial charge is 0.222 e. The molecule has 4 heteroatoms. The molecule has 1 aromatic heterocycles. The predicted octanol–water partition coefficient (Wildman–Crippen LogP) is 1.07. The fourth-order valence-corrected chi connectivity index (χ4v) is 1.41. The van der Waals surface area contributed by atoms with E-state index in [0.717, 1.165) is 26.1 Å². The van der Waals surface area contributed by atoms with Crippen molar-refractivity contribution in [3.63, 3.8) is 0 Å². The van der Waals surface area contributed by atoms with Crippen LogP contribution in [0, 0.1) is 0 Å². The lowest BCUT2D eigenvalue weighted by Crippen LogP contribution is -2.30. The first-order chi connectivity index (χ1) is 6.45. The Kier molecular flexibility index (Phi) is 2.72. The van der Waals surface area contributed by atoms with E-state index >= 15 is 0 Å². The summed E-state index contributed by atoms with van der Waals surface area (Å²) in [6.45, 7) is 1.64. The Morgan fingerprint density at radius 1 is 1.38 bits per heavy atom. The zero-order chi connectivity index (χ0) is 8.93. The Bertz CT molecular complexity index is 246. The second-order valence-corrected chi connectivity index (χ2v) is 3.13. The lowest BCUT2D eigenvalue weighted by molar-refractivity contribution is 0.0874. The first-order valence-corrected chi connectivity index (χ1v) is 4.56. The van der Waals surface area contributed by atoms with Gasteiger partial charge in [0.05, 0.1) is 12.6 Å². The van der Waals surface area contributed by atoms with E-state index in [-0.39, 0.29) is 0 Å². The van der Waals surface area contributed by atoms with Crippen LogP contribution in [0.1, 0.15) is 12.8 Å². The highest BCUT2D eigenvalue weighted by Crippen LogP contribution is 2.09. The fraction of sp³-hybridized carbons (Fsp3) is 0.556. The number of hydrogen-bond acceptors (Lipinski definition) is 4. The molecule has 1 atom stereocenters. The minimum Gasteiger partial charge on any atom is -0.379 e. The molecule has 0 aromatic carbocycles. The Balaban J connectivity index is 1.90. The Hall–Kier alpha value is -1.16. The van der Waals surface area contributed by atoms with E-state index in [9.17, 15) is 0 Å². The number of nitrogens with zero attached hydrogens (tertiary/aromatic N) is 2. The van der Waals surface area contributed by atoms with Gasteiger partial charge in [-0.3, -0.25) is 0 Å². The molecule has 0 unspecified atom stereocenters. The summed E-state index contributed by atoms with van der Waals surface area (Å²) >= 11 is 0. The number of aromatic nitrogens is 2. The zero-order valence-electron chi connectivity index (χ0n) is 7.44. The van der Waals surface area contributed by atoms with Crippen LogP contribution in [0.3, 0.4) is 0 Å². The topological polar surface area (TPSA) is 47.0 Å². The second-order valence-electron chi connectivity index (χ2n) is 3.13. The van der Waals surface area contributed by atoms with Crippen molar-refractivity contribution in [1.82, 2.24) is 9.97 Å². The normalized spacial score (nSPS) is 22.6. The maximum Gasteiger partial charge on any atom is 0.222 e. The highest BCUT2D eigenvalue weighted by Gasteiger charge is 2.13. The van der Waals surface area contributed by atoms with Gasteiger partial charge < -0.3 is 10.1 Å². The van der Waals surface area contributed by atoms with Crippen LogP contribution in [0.5, 0.6) is 0 Å². The van der Waals surface area contributed by atoms with E-state index in [4.69, 9.17) is 4.74 Å². The van der Waals surface area contributed by atoms with E-state index in [0.29, 0.717) is 12.0 Å². The summed E-state index contributed by atoms with van der Waals surface area (Å²) < 4.78 is 5.34. The van der Waals surface area contributed by atoms with Crippen molar-refractivity contribution in [2.24, 2.45) is 0 Å². The quantitative estimate of drug-likeness (QED) is 0.737. The maximum atomic E-state index is 5.34. The van der Waals surface area contributed by atoms with E-state index < -0.39 is 0 Å². The summed E-state index contributed by atoms with van der Waals surface area (Å²) in [6, 6.07) is 2.18. The summed E-state index contributed by atoms with van der Waals surface area (Å²) in [7, 11) is 0. The molecular weight excluding hydrogens is 166 g/mol. The van der Waals surface area contributed by atoms with Crippen LogP contribution in [0.25, 0.3) is 0 Å². The largest absolute Gasteiger partial charge is 0.379 e. The van der Waals surface area contributed by atoms with Crippen molar-refractivity contribution in [2.45, 2.75) is 18.9 Å². The standard InChI is InChI=1S/C9H13N3O/c1-3-8(7-13-6-1)12-9-10-4-2-5-11-9/h2,4-5,8H,1,3,6-7H2,(H,10,11,12)/t8-/m0/s1. The van der Waals surface area contributed by atoms with Gasteiger partial charge in [-0.05, 0) is 18.9 Å². The summed E-state index contributed by atoms with van der Waals surface area (Å²) in [6.07, 6.45) is 5.72. The summed E-state index contributed by atoms with van der Waals surface area (Å²) in [5, 5.41) is 3.23. The van der Waals surface area contributed by atoms with Crippen molar-refractivity contribution < 1.29 is 4.74 Å². The summed E-state index contributed by atoms with van der Waals surface area (Å²) in [5.41, 5.74) is 0.